The second-order valence-electron chi connectivity index (χ2n) is 3.86. The lowest BCUT2D eigenvalue weighted by Crippen LogP contribution is -2.37. The molecule has 1 aromatic rings. The summed E-state index contributed by atoms with van der Waals surface area (Å²) in [4.78, 5) is 0.219. The van der Waals surface area contributed by atoms with Crippen LogP contribution in [0.3, 0.4) is 0 Å². The van der Waals surface area contributed by atoms with Gasteiger partial charge in [-0.25, -0.2) is 13.1 Å². The van der Waals surface area contributed by atoms with E-state index in [1.807, 2.05) is 0 Å². The van der Waals surface area contributed by atoms with E-state index in [1.165, 1.54) is 6.07 Å². The van der Waals surface area contributed by atoms with Gasteiger partial charge in [-0.3, -0.25) is 0 Å². The minimum absolute atomic E-state index is 0.0281. The van der Waals surface area contributed by atoms with Crippen LogP contribution in [0.2, 0.25) is 5.02 Å². The standard InChI is InChI=1S/C9H10Br2ClNO2S2/c10-5-2-1-3-7(5)13-17(14,15)8-4-6(12)9(11)16-8/h4-5,7,13H,1-3H2. The van der Waals surface area contributed by atoms with E-state index in [2.05, 4.69) is 36.6 Å². The fraction of sp³-hybridized carbons (Fsp3) is 0.556. The molecule has 2 atom stereocenters. The zero-order valence-electron chi connectivity index (χ0n) is 8.62. The first-order valence-electron chi connectivity index (χ1n) is 5.01. The summed E-state index contributed by atoms with van der Waals surface area (Å²) in [5, 5.41) is 0.428. The minimum Gasteiger partial charge on any atom is -0.206 e. The third kappa shape index (κ3) is 3.25. The van der Waals surface area contributed by atoms with Gasteiger partial charge in [-0.05, 0) is 34.8 Å². The smallest absolute Gasteiger partial charge is 0.206 e. The average Bonchev–Trinajstić information content (AvgIpc) is 2.76. The monoisotopic (exact) mass is 421 g/mol. The molecule has 1 aliphatic rings. The van der Waals surface area contributed by atoms with Crippen LogP contribution in [0.1, 0.15) is 19.3 Å². The molecule has 1 fully saturated rings. The average molecular weight is 424 g/mol. The van der Waals surface area contributed by atoms with Crippen molar-refractivity contribution >= 4 is 64.8 Å². The summed E-state index contributed by atoms with van der Waals surface area (Å²) >= 11 is 13.7. The molecule has 2 rings (SSSR count). The summed E-state index contributed by atoms with van der Waals surface area (Å²) in [7, 11) is -3.45. The Hall–Kier alpha value is 0.860. The molecule has 3 nitrogen and oxygen atoms in total. The number of rotatable bonds is 3. The molecule has 0 radical (unpaired) electrons. The highest BCUT2D eigenvalue weighted by Gasteiger charge is 2.30. The van der Waals surface area contributed by atoms with Crippen molar-refractivity contribution in [2.45, 2.75) is 34.3 Å². The second kappa shape index (κ2) is 5.46. The third-order valence-corrected chi connectivity index (χ3v) is 8.16. The molecule has 1 N–H and O–H groups in total. The lowest BCUT2D eigenvalue weighted by Gasteiger charge is -2.15. The molecule has 1 aromatic heterocycles. The van der Waals surface area contributed by atoms with Crippen LogP contribution in [0.15, 0.2) is 14.1 Å². The molecule has 0 spiro atoms. The maximum Gasteiger partial charge on any atom is 0.250 e. The van der Waals surface area contributed by atoms with Gasteiger partial charge in [-0.15, -0.1) is 11.3 Å². The van der Waals surface area contributed by atoms with Gasteiger partial charge in [0.2, 0.25) is 10.0 Å². The normalized spacial score (nSPS) is 25.4. The highest BCUT2D eigenvalue weighted by molar-refractivity contribution is 9.11. The molecular formula is C9H10Br2ClNO2S2. The van der Waals surface area contributed by atoms with Gasteiger partial charge in [0.15, 0.2) is 0 Å². The fourth-order valence-corrected chi connectivity index (χ4v) is 6.39. The SMILES string of the molecule is O=S(=O)(NC1CCCC1Br)c1cc(Cl)c(Br)s1. The van der Waals surface area contributed by atoms with Gasteiger partial charge in [-0.2, -0.15) is 0 Å². The molecule has 0 amide bonds. The summed E-state index contributed by atoms with van der Waals surface area (Å²) in [6, 6.07) is 1.44. The van der Waals surface area contributed by atoms with Crippen LogP contribution in [-0.2, 0) is 10.0 Å². The molecule has 0 bridgehead atoms. The Kier molecular flexibility index (Phi) is 4.59. The summed E-state index contributed by atoms with van der Waals surface area (Å²) in [6.45, 7) is 0. The van der Waals surface area contributed by atoms with Crippen molar-refractivity contribution in [2.24, 2.45) is 0 Å². The van der Waals surface area contributed by atoms with Gasteiger partial charge < -0.3 is 0 Å². The predicted molar refractivity (Wildman–Crippen MR) is 77.7 cm³/mol. The van der Waals surface area contributed by atoms with Crippen LogP contribution < -0.4 is 4.72 Å². The van der Waals surface area contributed by atoms with E-state index in [9.17, 15) is 8.42 Å². The first-order valence-corrected chi connectivity index (χ1v) is 9.40. The second-order valence-corrected chi connectivity index (χ2v) is 9.76. The number of hydrogen-bond donors (Lipinski definition) is 1. The minimum atomic E-state index is -3.45. The van der Waals surface area contributed by atoms with Crippen molar-refractivity contribution in [1.29, 1.82) is 0 Å². The number of halogens is 3. The van der Waals surface area contributed by atoms with E-state index in [-0.39, 0.29) is 15.1 Å². The Morgan fingerprint density at radius 1 is 1.47 bits per heavy atom. The van der Waals surface area contributed by atoms with E-state index in [0.29, 0.717) is 8.81 Å². The molecule has 0 aliphatic heterocycles. The van der Waals surface area contributed by atoms with Crippen molar-refractivity contribution in [3.05, 3.63) is 14.9 Å². The Labute approximate surface area is 126 Å². The van der Waals surface area contributed by atoms with Crippen molar-refractivity contribution in [2.75, 3.05) is 0 Å². The van der Waals surface area contributed by atoms with E-state index in [1.54, 1.807) is 0 Å². The van der Waals surface area contributed by atoms with E-state index >= 15 is 0 Å². The Balaban J connectivity index is 2.19. The lowest BCUT2D eigenvalue weighted by atomic mass is 10.3. The molecule has 96 valence electrons. The number of alkyl halides is 1. The highest BCUT2D eigenvalue weighted by Crippen LogP contribution is 2.35. The molecule has 8 heteroatoms. The Bertz CT molecular complexity index is 498. The van der Waals surface area contributed by atoms with E-state index < -0.39 is 10.0 Å². The zero-order valence-corrected chi connectivity index (χ0v) is 14.2. The molecule has 1 heterocycles. The van der Waals surface area contributed by atoms with Gasteiger partial charge in [0.1, 0.15) is 4.21 Å². The summed E-state index contributed by atoms with van der Waals surface area (Å²) in [5.74, 6) is 0. The molecule has 17 heavy (non-hydrogen) atoms. The molecule has 1 aliphatic carbocycles. The van der Waals surface area contributed by atoms with Gasteiger partial charge >= 0.3 is 0 Å². The number of nitrogens with one attached hydrogen (secondary N) is 1. The molecule has 1 saturated carbocycles. The van der Waals surface area contributed by atoms with Crippen molar-refractivity contribution in [1.82, 2.24) is 4.72 Å². The summed E-state index contributed by atoms with van der Waals surface area (Å²) < 4.78 is 27.8. The van der Waals surface area contributed by atoms with Gasteiger partial charge in [0.25, 0.3) is 0 Å². The van der Waals surface area contributed by atoms with Crippen LogP contribution in [0.4, 0.5) is 0 Å². The summed E-state index contributed by atoms with van der Waals surface area (Å²) in [5.41, 5.74) is 0. The largest absolute Gasteiger partial charge is 0.250 e. The third-order valence-electron chi connectivity index (χ3n) is 2.63. The first-order chi connectivity index (χ1) is 7.90. The number of hydrogen-bond acceptors (Lipinski definition) is 3. The first kappa shape index (κ1) is 14.3. The van der Waals surface area contributed by atoms with Crippen LogP contribution in [0.25, 0.3) is 0 Å². The van der Waals surface area contributed by atoms with Gasteiger partial charge in [-0.1, -0.05) is 34.0 Å². The Morgan fingerprint density at radius 2 is 2.18 bits per heavy atom. The van der Waals surface area contributed by atoms with E-state index in [0.717, 1.165) is 30.6 Å². The quantitative estimate of drug-likeness (QED) is 0.753. The highest BCUT2D eigenvalue weighted by atomic mass is 79.9. The molecular weight excluding hydrogens is 413 g/mol. The van der Waals surface area contributed by atoms with E-state index in [4.69, 9.17) is 11.6 Å². The maximum atomic E-state index is 12.1. The van der Waals surface area contributed by atoms with Crippen LogP contribution >= 0.6 is 54.8 Å². The molecule has 0 saturated heterocycles. The van der Waals surface area contributed by atoms with Gasteiger partial charge in [0, 0.05) is 10.9 Å². The van der Waals surface area contributed by atoms with Crippen molar-refractivity contribution in [3.8, 4) is 0 Å². The van der Waals surface area contributed by atoms with Crippen molar-refractivity contribution in [3.63, 3.8) is 0 Å². The molecule has 2 unspecified atom stereocenters. The number of sulfonamides is 1. The van der Waals surface area contributed by atoms with Crippen LogP contribution in [0.5, 0.6) is 0 Å². The maximum absolute atomic E-state index is 12.1. The fourth-order valence-electron chi connectivity index (χ4n) is 1.76. The predicted octanol–water partition coefficient (Wildman–Crippen LogP) is 3.76. The van der Waals surface area contributed by atoms with Crippen LogP contribution in [-0.4, -0.2) is 19.3 Å². The summed E-state index contributed by atoms with van der Waals surface area (Å²) in [6.07, 6.45) is 2.91. The van der Waals surface area contributed by atoms with Crippen molar-refractivity contribution < 1.29 is 8.42 Å². The van der Waals surface area contributed by atoms with Crippen LogP contribution in [0, 0.1) is 0 Å². The topological polar surface area (TPSA) is 46.2 Å². The lowest BCUT2D eigenvalue weighted by molar-refractivity contribution is 0.558. The van der Waals surface area contributed by atoms with Gasteiger partial charge in [0.05, 0.1) is 8.81 Å². The Morgan fingerprint density at radius 3 is 2.65 bits per heavy atom. The molecule has 0 aromatic carbocycles. The number of thiophene rings is 1. The zero-order chi connectivity index (χ0) is 12.6.